The molecule has 0 saturated heterocycles. The number of thiazole rings is 1. The van der Waals surface area contributed by atoms with E-state index in [1.54, 1.807) is 0 Å². The van der Waals surface area contributed by atoms with Gasteiger partial charge < -0.3 is 5.32 Å². The van der Waals surface area contributed by atoms with Crippen molar-refractivity contribution in [3.63, 3.8) is 0 Å². The first kappa shape index (κ1) is 17.4. The van der Waals surface area contributed by atoms with Crippen molar-refractivity contribution >= 4 is 27.9 Å². The van der Waals surface area contributed by atoms with Gasteiger partial charge in [0.15, 0.2) is 4.96 Å². The number of fused-ring (bicyclic) bond motifs is 1. The zero-order valence-electron chi connectivity index (χ0n) is 15.0. The smallest absolute Gasteiger partial charge is 0.271 e. The molecule has 0 atom stereocenters. The topological polar surface area (TPSA) is 63.5 Å². The molecule has 0 bridgehead atoms. The molecule has 0 fully saturated rings. The zero-order chi connectivity index (χ0) is 18.3. The molecule has 0 saturated carbocycles. The molecule has 1 amide bonds. The average Bonchev–Trinajstić information content (AvgIpc) is 2.84. The number of amides is 1. The molecule has 0 spiro atoms. The third-order valence-electron chi connectivity index (χ3n) is 4.43. The minimum absolute atomic E-state index is 0.0522. The van der Waals surface area contributed by atoms with Gasteiger partial charge in [0.05, 0.1) is 0 Å². The molecule has 0 aliphatic heterocycles. The normalized spacial score (nSPS) is 11.3. The van der Waals surface area contributed by atoms with E-state index in [1.165, 1.54) is 21.9 Å². The molecule has 2 aromatic heterocycles. The lowest BCUT2D eigenvalue weighted by molar-refractivity contribution is 0.102. The van der Waals surface area contributed by atoms with Crippen molar-refractivity contribution in [1.82, 2.24) is 9.38 Å². The van der Waals surface area contributed by atoms with Crippen LogP contribution in [0.5, 0.6) is 0 Å². The molecule has 0 aliphatic rings. The fraction of sp³-hybridized carbons (Fsp3) is 0.316. The molecular weight excluding hydrogens is 334 g/mol. The van der Waals surface area contributed by atoms with E-state index in [-0.39, 0.29) is 17.0 Å². The molecule has 5 nitrogen and oxygen atoms in total. The van der Waals surface area contributed by atoms with Crippen molar-refractivity contribution in [2.24, 2.45) is 0 Å². The van der Waals surface area contributed by atoms with Gasteiger partial charge in [-0.25, -0.2) is 4.98 Å². The standard InChI is InChI=1S/C19H21N3O2S/c1-10(2)14-8-6-7-11(3)16(14)21-17(23)15-9-20-19-22(18(15)24)12(4)13(5)25-19/h6-10H,1-5H3,(H,21,23). The minimum Gasteiger partial charge on any atom is -0.321 e. The van der Waals surface area contributed by atoms with Crippen LogP contribution in [-0.2, 0) is 0 Å². The van der Waals surface area contributed by atoms with Crippen LogP contribution in [0.25, 0.3) is 4.96 Å². The van der Waals surface area contributed by atoms with Crippen molar-refractivity contribution in [2.75, 3.05) is 5.32 Å². The van der Waals surface area contributed by atoms with E-state index in [1.807, 2.05) is 39.0 Å². The van der Waals surface area contributed by atoms with Gasteiger partial charge >= 0.3 is 0 Å². The van der Waals surface area contributed by atoms with Gasteiger partial charge in [-0.15, -0.1) is 11.3 Å². The van der Waals surface area contributed by atoms with Gasteiger partial charge in [0.25, 0.3) is 11.5 Å². The van der Waals surface area contributed by atoms with Gasteiger partial charge in [-0.2, -0.15) is 0 Å². The predicted octanol–water partition coefficient (Wildman–Crippen LogP) is 4.06. The second-order valence-corrected chi connectivity index (χ2v) is 7.67. The first-order chi connectivity index (χ1) is 11.8. The first-order valence-electron chi connectivity index (χ1n) is 8.20. The summed E-state index contributed by atoms with van der Waals surface area (Å²) < 4.78 is 1.51. The molecular formula is C19H21N3O2S. The summed E-state index contributed by atoms with van der Waals surface area (Å²) in [6.07, 6.45) is 1.37. The summed E-state index contributed by atoms with van der Waals surface area (Å²) in [5.74, 6) is -0.162. The summed E-state index contributed by atoms with van der Waals surface area (Å²) in [5, 5.41) is 2.92. The van der Waals surface area contributed by atoms with Crippen molar-refractivity contribution in [2.45, 2.75) is 40.5 Å². The Kier molecular flexibility index (Phi) is 4.47. The van der Waals surface area contributed by atoms with E-state index < -0.39 is 5.91 Å². The van der Waals surface area contributed by atoms with E-state index in [2.05, 4.69) is 24.1 Å². The number of hydrogen-bond acceptors (Lipinski definition) is 4. The van der Waals surface area contributed by atoms with Crippen LogP contribution < -0.4 is 10.9 Å². The van der Waals surface area contributed by atoms with Crippen LogP contribution in [0.15, 0.2) is 29.2 Å². The lowest BCUT2D eigenvalue weighted by Gasteiger charge is -2.16. The Hall–Kier alpha value is -2.47. The van der Waals surface area contributed by atoms with Crippen LogP contribution >= 0.6 is 11.3 Å². The maximum atomic E-state index is 12.8. The monoisotopic (exact) mass is 355 g/mol. The van der Waals surface area contributed by atoms with Gasteiger partial charge in [0.2, 0.25) is 0 Å². The van der Waals surface area contributed by atoms with Gasteiger partial charge in [-0.05, 0) is 37.8 Å². The fourth-order valence-electron chi connectivity index (χ4n) is 2.86. The molecule has 1 aromatic carbocycles. The average molecular weight is 355 g/mol. The maximum absolute atomic E-state index is 12.8. The molecule has 3 rings (SSSR count). The lowest BCUT2D eigenvalue weighted by atomic mass is 9.98. The van der Waals surface area contributed by atoms with Crippen LogP contribution in [0, 0.1) is 20.8 Å². The zero-order valence-corrected chi connectivity index (χ0v) is 15.8. The number of aromatic nitrogens is 2. The Morgan fingerprint density at radius 2 is 1.96 bits per heavy atom. The summed E-state index contributed by atoms with van der Waals surface area (Å²) in [6.45, 7) is 9.90. The van der Waals surface area contributed by atoms with Crippen LogP contribution in [0.3, 0.4) is 0 Å². The van der Waals surface area contributed by atoms with Crippen LogP contribution in [0.2, 0.25) is 0 Å². The third kappa shape index (κ3) is 2.98. The van der Waals surface area contributed by atoms with E-state index in [0.29, 0.717) is 4.96 Å². The highest BCUT2D eigenvalue weighted by atomic mass is 32.1. The SMILES string of the molecule is Cc1cccc(C(C)C)c1NC(=O)c1cnc2sc(C)c(C)n2c1=O. The van der Waals surface area contributed by atoms with Crippen molar-refractivity contribution in [1.29, 1.82) is 0 Å². The maximum Gasteiger partial charge on any atom is 0.271 e. The van der Waals surface area contributed by atoms with Crippen LogP contribution in [-0.4, -0.2) is 15.3 Å². The van der Waals surface area contributed by atoms with E-state index in [9.17, 15) is 9.59 Å². The quantitative estimate of drug-likeness (QED) is 0.771. The minimum atomic E-state index is -0.425. The number of nitrogens with one attached hydrogen (secondary N) is 1. The molecule has 1 N–H and O–H groups in total. The third-order valence-corrected chi connectivity index (χ3v) is 5.50. The molecule has 2 heterocycles. The van der Waals surface area contributed by atoms with Crippen molar-refractivity contribution in [3.8, 4) is 0 Å². The summed E-state index contributed by atoms with van der Waals surface area (Å²) >= 11 is 1.45. The lowest BCUT2D eigenvalue weighted by Crippen LogP contribution is -2.27. The highest BCUT2D eigenvalue weighted by Gasteiger charge is 2.19. The molecule has 0 unspecified atom stereocenters. The highest BCUT2D eigenvalue weighted by Crippen LogP contribution is 2.27. The highest BCUT2D eigenvalue weighted by molar-refractivity contribution is 7.17. The number of anilines is 1. The summed E-state index contributed by atoms with van der Waals surface area (Å²) in [7, 11) is 0. The molecule has 0 radical (unpaired) electrons. The van der Waals surface area contributed by atoms with Gasteiger partial charge in [0, 0.05) is 22.5 Å². The largest absolute Gasteiger partial charge is 0.321 e. The van der Waals surface area contributed by atoms with Crippen molar-refractivity contribution < 1.29 is 4.79 Å². The van der Waals surface area contributed by atoms with E-state index in [0.717, 1.165) is 27.4 Å². The van der Waals surface area contributed by atoms with Crippen LogP contribution in [0.1, 0.15) is 51.8 Å². The second-order valence-electron chi connectivity index (χ2n) is 6.49. The molecule has 25 heavy (non-hydrogen) atoms. The molecule has 0 aliphatic carbocycles. The molecule has 3 aromatic rings. The first-order valence-corrected chi connectivity index (χ1v) is 9.01. The molecule has 130 valence electrons. The molecule has 6 heteroatoms. The number of rotatable bonds is 3. The second kappa shape index (κ2) is 6.44. The fourth-order valence-corrected chi connectivity index (χ4v) is 3.78. The van der Waals surface area contributed by atoms with E-state index >= 15 is 0 Å². The van der Waals surface area contributed by atoms with Gasteiger partial charge in [-0.3, -0.25) is 14.0 Å². The summed E-state index contributed by atoms with van der Waals surface area (Å²) in [4.78, 5) is 31.4. The Balaban J connectivity index is 2.06. The Bertz CT molecular complexity index is 1030. The van der Waals surface area contributed by atoms with Crippen LogP contribution in [0.4, 0.5) is 5.69 Å². The Labute approximate surface area is 150 Å². The number of aryl methyl sites for hydroxylation is 3. The number of carbonyl (C=O) groups is 1. The number of carbonyl (C=O) groups excluding carboxylic acids is 1. The van der Waals surface area contributed by atoms with Gasteiger partial charge in [-0.1, -0.05) is 32.0 Å². The van der Waals surface area contributed by atoms with Crippen molar-refractivity contribution in [3.05, 3.63) is 62.0 Å². The number of hydrogen-bond donors (Lipinski definition) is 1. The summed E-state index contributed by atoms with van der Waals surface area (Å²) in [5.41, 5.74) is 3.33. The van der Waals surface area contributed by atoms with E-state index in [4.69, 9.17) is 0 Å². The number of benzene rings is 1. The Morgan fingerprint density at radius 1 is 1.24 bits per heavy atom. The van der Waals surface area contributed by atoms with Gasteiger partial charge in [0.1, 0.15) is 5.56 Å². The number of nitrogens with zero attached hydrogens (tertiary/aromatic N) is 2. The Morgan fingerprint density at radius 3 is 2.64 bits per heavy atom. The predicted molar refractivity (Wildman–Crippen MR) is 102 cm³/mol. The number of para-hydroxylation sites is 1. The summed E-state index contributed by atoms with van der Waals surface area (Å²) in [6, 6.07) is 5.91.